The number of benzene rings is 1. The molecule has 0 radical (unpaired) electrons. The summed E-state index contributed by atoms with van der Waals surface area (Å²) >= 11 is 0. The van der Waals surface area contributed by atoms with Crippen LogP contribution in [-0.2, 0) is 0 Å². The Hall–Kier alpha value is -2.43. The van der Waals surface area contributed by atoms with E-state index >= 15 is 0 Å². The molecule has 0 aliphatic carbocycles. The van der Waals surface area contributed by atoms with Crippen molar-refractivity contribution in [1.29, 1.82) is 0 Å². The van der Waals surface area contributed by atoms with E-state index in [1.165, 1.54) is 0 Å². The molecular formula is C17H22N4O. The molecule has 0 aliphatic heterocycles. The van der Waals surface area contributed by atoms with Gasteiger partial charge in [0.25, 0.3) is 0 Å². The fourth-order valence-electron chi connectivity index (χ4n) is 2.02. The molecule has 2 N–H and O–H groups in total. The van der Waals surface area contributed by atoms with E-state index in [0.29, 0.717) is 11.4 Å². The van der Waals surface area contributed by atoms with Crippen LogP contribution >= 0.6 is 0 Å². The molecule has 0 bridgehead atoms. The molecule has 2 rings (SSSR count). The molecule has 0 unspecified atom stereocenters. The standard InChI is InChI=1S/C17H22N4O/c1-11(22)13-6-8-14(9-7-13)20-15-10-16(19-12(2)18-15)21-17(3,4)5/h6-10H,1-5H3,(H2,18,19,20,21). The van der Waals surface area contributed by atoms with Crippen molar-refractivity contribution in [2.24, 2.45) is 0 Å². The summed E-state index contributed by atoms with van der Waals surface area (Å²) in [5.41, 5.74) is 1.51. The number of carbonyl (C=O) groups excluding carboxylic acids is 1. The fraction of sp³-hybridized carbons (Fsp3) is 0.353. The molecule has 0 saturated heterocycles. The quantitative estimate of drug-likeness (QED) is 0.837. The van der Waals surface area contributed by atoms with Crippen molar-refractivity contribution < 1.29 is 4.79 Å². The number of hydrogen-bond donors (Lipinski definition) is 2. The minimum absolute atomic E-state index is 0.0566. The van der Waals surface area contributed by atoms with Gasteiger partial charge in [0.05, 0.1) is 0 Å². The van der Waals surface area contributed by atoms with Crippen LogP contribution < -0.4 is 10.6 Å². The summed E-state index contributed by atoms with van der Waals surface area (Å²) in [6, 6.07) is 9.20. The van der Waals surface area contributed by atoms with Gasteiger partial charge in [0, 0.05) is 22.9 Å². The van der Waals surface area contributed by atoms with Gasteiger partial charge in [-0.05, 0) is 58.9 Å². The third-order valence-electron chi connectivity index (χ3n) is 2.90. The number of nitrogens with zero attached hydrogens (tertiary/aromatic N) is 2. The van der Waals surface area contributed by atoms with Crippen LogP contribution in [0.2, 0.25) is 0 Å². The van der Waals surface area contributed by atoms with E-state index in [9.17, 15) is 4.79 Å². The van der Waals surface area contributed by atoms with Gasteiger partial charge in [0.2, 0.25) is 0 Å². The van der Waals surface area contributed by atoms with Crippen LogP contribution in [0, 0.1) is 6.92 Å². The predicted octanol–water partition coefficient (Wildman–Crippen LogP) is 3.94. The number of hydrogen-bond acceptors (Lipinski definition) is 5. The monoisotopic (exact) mass is 298 g/mol. The number of carbonyl (C=O) groups is 1. The summed E-state index contributed by atoms with van der Waals surface area (Å²) in [4.78, 5) is 20.1. The van der Waals surface area contributed by atoms with E-state index in [4.69, 9.17) is 0 Å². The maximum atomic E-state index is 11.3. The summed E-state index contributed by atoms with van der Waals surface area (Å²) in [7, 11) is 0. The van der Waals surface area contributed by atoms with Gasteiger partial charge in [-0.15, -0.1) is 0 Å². The topological polar surface area (TPSA) is 66.9 Å². The Bertz CT molecular complexity index is 672. The van der Waals surface area contributed by atoms with Crippen LogP contribution in [-0.4, -0.2) is 21.3 Å². The number of aromatic nitrogens is 2. The average Bonchev–Trinajstić information content (AvgIpc) is 2.36. The van der Waals surface area contributed by atoms with E-state index < -0.39 is 0 Å². The van der Waals surface area contributed by atoms with Gasteiger partial charge in [-0.1, -0.05) is 0 Å². The Kier molecular flexibility index (Phi) is 4.45. The molecule has 1 aromatic heterocycles. The van der Waals surface area contributed by atoms with Gasteiger partial charge < -0.3 is 10.6 Å². The number of rotatable bonds is 4. The Morgan fingerprint density at radius 2 is 1.64 bits per heavy atom. The summed E-state index contributed by atoms with van der Waals surface area (Å²) in [6.07, 6.45) is 0. The lowest BCUT2D eigenvalue weighted by Gasteiger charge is -2.21. The molecular weight excluding hydrogens is 276 g/mol. The molecule has 0 aliphatic rings. The van der Waals surface area contributed by atoms with E-state index in [1.807, 2.05) is 25.1 Å². The SMILES string of the molecule is CC(=O)c1ccc(Nc2cc(NC(C)(C)C)nc(C)n2)cc1. The molecule has 2 aromatic rings. The zero-order chi connectivity index (χ0) is 16.3. The molecule has 0 fully saturated rings. The molecule has 22 heavy (non-hydrogen) atoms. The zero-order valence-corrected chi connectivity index (χ0v) is 13.7. The third-order valence-corrected chi connectivity index (χ3v) is 2.90. The lowest BCUT2D eigenvalue weighted by molar-refractivity contribution is 0.101. The van der Waals surface area contributed by atoms with E-state index in [2.05, 4.69) is 41.4 Å². The second-order valence-corrected chi connectivity index (χ2v) is 6.32. The molecule has 5 nitrogen and oxygen atoms in total. The normalized spacial score (nSPS) is 11.1. The van der Waals surface area contributed by atoms with Crippen molar-refractivity contribution in [3.8, 4) is 0 Å². The van der Waals surface area contributed by atoms with Crippen molar-refractivity contribution in [3.63, 3.8) is 0 Å². The van der Waals surface area contributed by atoms with Crippen LogP contribution in [0.1, 0.15) is 43.9 Å². The maximum absolute atomic E-state index is 11.3. The Labute approximate surface area is 131 Å². The highest BCUT2D eigenvalue weighted by Crippen LogP contribution is 2.20. The summed E-state index contributed by atoms with van der Waals surface area (Å²) < 4.78 is 0. The maximum Gasteiger partial charge on any atom is 0.159 e. The predicted molar refractivity (Wildman–Crippen MR) is 89.9 cm³/mol. The number of aryl methyl sites for hydroxylation is 1. The Balaban J connectivity index is 2.20. The Morgan fingerprint density at radius 3 is 2.18 bits per heavy atom. The van der Waals surface area contributed by atoms with Gasteiger partial charge in [0.15, 0.2) is 5.78 Å². The Morgan fingerprint density at radius 1 is 1.05 bits per heavy atom. The van der Waals surface area contributed by atoms with Crippen molar-refractivity contribution in [2.45, 2.75) is 40.2 Å². The second-order valence-electron chi connectivity index (χ2n) is 6.32. The number of nitrogens with one attached hydrogen (secondary N) is 2. The van der Waals surface area contributed by atoms with Crippen LogP contribution in [0.4, 0.5) is 17.3 Å². The van der Waals surface area contributed by atoms with Crippen molar-refractivity contribution in [1.82, 2.24) is 9.97 Å². The van der Waals surface area contributed by atoms with Crippen molar-refractivity contribution in [2.75, 3.05) is 10.6 Å². The van der Waals surface area contributed by atoms with Gasteiger partial charge in [0.1, 0.15) is 17.5 Å². The lowest BCUT2D eigenvalue weighted by atomic mass is 10.1. The molecule has 0 saturated carbocycles. The first kappa shape index (κ1) is 15.9. The molecule has 116 valence electrons. The number of anilines is 3. The molecule has 1 heterocycles. The molecule has 0 amide bonds. The zero-order valence-electron chi connectivity index (χ0n) is 13.7. The highest BCUT2D eigenvalue weighted by atomic mass is 16.1. The van der Waals surface area contributed by atoms with Gasteiger partial charge >= 0.3 is 0 Å². The summed E-state index contributed by atoms with van der Waals surface area (Å²) in [5, 5.41) is 6.57. The molecule has 1 aromatic carbocycles. The second kappa shape index (κ2) is 6.13. The van der Waals surface area contributed by atoms with Crippen LogP contribution in [0.3, 0.4) is 0 Å². The highest BCUT2D eigenvalue weighted by Gasteiger charge is 2.11. The average molecular weight is 298 g/mol. The summed E-state index contributed by atoms with van der Waals surface area (Å²) in [5.74, 6) is 2.25. The fourth-order valence-corrected chi connectivity index (χ4v) is 2.02. The lowest BCUT2D eigenvalue weighted by Crippen LogP contribution is -2.26. The van der Waals surface area contributed by atoms with Crippen LogP contribution in [0.5, 0.6) is 0 Å². The van der Waals surface area contributed by atoms with E-state index in [-0.39, 0.29) is 11.3 Å². The number of ketones is 1. The van der Waals surface area contributed by atoms with Crippen molar-refractivity contribution >= 4 is 23.1 Å². The first-order valence-corrected chi connectivity index (χ1v) is 7.25. The van der Waals surface area contributed by atoms with E-state index in [1.54, 1.807) is 19.1 Å². The van der Waals surface area contributed by atoms with E-state index in [0.717, 1.165) is 17.3 Å². The van der Waals surface area contributed by atoms with Gasteiger partial charge in [-0.2, -0.15) is 0 Å². The largest absolute Gasteiger partial charge is 0.365 e. The van der Waals surface area contributed by atoms with Gasteiger partial charge in [-0.25, -0.2) is 9.97 Å². The van der Waals surface area contributed by atoms with Crippen LogP contribution in [0.25, 0.3) is 0 Å². The smallest absolute Gasteiger partial charge is 0.159 e. The number of Topliss-reactive ketones (excluding diaryl/α,β-unsaturated/α-hetero) is 1. The minimum atomic E-state index is -0.0683. The molecule has 0 spiro atoms. The first-order chi connectivity index (χ1) is 10.2. The minimum Gasteiger partial charge on any atom is -0.365 e. The molecule has 5 heteroatoms. The van der Waals surface area contributed by atoms with Crippen LogP contribution in [0.15, 0.2) is 30.3 Å². The van der Waals surface area contributed by atoms with Gasteiger partial charge in [-0.3, -0.25) is 4.79 Å². The van der Waals surface area contributed by atoms with Crippen molar-refractivity contribution in [3.05, 3.63) is 41.7 Å². The molecule has 0 atom stereocenters. The third kappa shape index (κ3) is 4.55. The first-order valence-electron chi connectivity index (χ1n) is 7.25. The summed E-state index contributed by atoms with van der Waals surface area (Å²) in [6.45, 7) is 9.66. The highest BCUT2D eigenvalue weighted by molar-refractivity contribution is 5.94.